The molecule has 4 heteroatoms. The maximum Gasteiger partial charge on any atom is 0.236 e. The third-order valence-electron chi connectivity index (χ3n) is 3.30. The first-order chi connectivity index (χ1) is 7.16. The number of likely N-dealkylation sites (N-methyl/N-ethyl adjacent to an activating group) is 1. The normalized spacial score (nSPS) is 27.7. The highest BCUT2D eigenvalue weighted by atomic mass is 16.2. The van der Waals surface area contributed by atoms with Gasteiger partial charge in [-0.3, -0.25) is 9.69 Å². The Hall–Kier alpha value is -0.610. The molecule has 0 aromatic rings. The van der Waals surface area contributed by atoms with E-state index < -0.39 is 0 Å². The van der Waals surface area contributed by atoms with Crippen LogP contribution < -0.4 is 5.32 Å². The zero-order chi connectivity index (χ0) is 10.8. The molecular weight excluding hydrogens is 190 g/mol. The third kappa shape index (κ3) is 2.92. The lowest BCUT2D eigenvalue weighted by Gasteiger charge is -2.32. The van der Waals surface area contributed by atoms with Gasteiger partial charge in [0.2, 0.25) is 5.91 Å². The van der Waals surface area contributed by atoms with Crippen LogP contribution in [0.15, 0.2) is 0 Å². The molecule has 0 spiro atoms. The summed E-state index contributed by atoms with van der Waals surface area (Å²) in [6.07, 6.45) is 2.39. The Balaban J connectivity index is 1.77. The molecule has 1 atom stereocenters. The molecule has 1 N–H and O–H groups in total. The summed E-state index contributed by atoms with van der Waals surface area (Å²) in [5.41, 5.74) is 0. The van der Waals surface area contributed by atoms with Crippen molar-refractivity contribution >= 4 is 5.91 Å². The fourth-order valence-electron chi connectivity index (χ4n) is 2.12. The second-order valence-electron chi connectivity index (χ2n) is 4.83. The van der Waals surface area contributed by atoms with Crippen LogP contribution >= 0.6 is 0 Å². The van der Waals surface area contributed by atoms with Crippen LogP contribution in [0.25, 0.3) is 0 Å². The smallest absolute Gasteiger partial charge is 0.236 e. The van der Waals surface area contributed by atoms with Crippen LogP contribution in [0.3, 0.4) is 0 Å². The third-order valence-corrected chi connectivity index (χ3v) is 3.30. The van der Waals surface area contributed by atoms with Gasteiger partial charge in [-0.1, -0.05) is 0 Å². The molecule has 1 aliphatic carbocycles. The van der Waals surface area contributed by atoms with Crippen LogP contribution in [0.5, 0.6) is 0 Å². The zero-order valence-electron chi connectivity index (χ0n) is 9.70. The molecule has 4 nitrogen and oxygen atoms in total. The van der Waals surface area contributed by atoms with E-state index >= 15 is 0 Å². The van der Waals surface area contributed by atoms with E-state index in [4.69, 9.17) is 0 Å². The number of amides is 1. The van der Waals surface area contributed by atoms with E-state index in [1.807, 2.05) is 11.9 Å². The molecule has 0 aromatic carbocycles. The highest BCUT2D eigenvalue weighted by Gasteiger charge is 2.30. The molecule has 1 saturated carbocycles. The van der Waals surface area contributed by atoms with Gasteiger partial charge in [0.15, 0.2) is 0 Å². The van der Waals surface area contributed by atoms with Crippen LogP contribution in [0.2, 0.25) is 0 Å². The molecule has 15 heavy (non-hydrogen) atoms. The summed E-state index contributed by atoms with van der Waals surface area (Å²) in [5.74, 6) is 0.284. The maximum atomic E-state index is 11.9. The molecule has 1 unspecified atom stereocenters. The number of nitrogens with one attached hydrogen (secondary N) is 1. The van der Waals surface area contributed by atoms with Crippen molar-refractivity contribution in [3.8, 4) is 0 Å². The van der Waals surface area contributed by atoms with Crippen LogP contribution in [0.1, 0.15) is 19.8 Å². The van der Waals surface area contributed by atoms with Gasteiger partial charge in [-0.25, -0.2) is 0 Å². The second-order valence-corrected chi connectivity index (χ2v) is 4.83. The Morgan fingerprint density at radius 2 is 2.27 bits per heavy atom. The average Bonchev–Trinajstić information content (AvgIpc) is 2.99. The van der Waals surface area contributed by atoms with Crippen LogP contribution in [-0.4, -0.2) is 61.0 Å². The molecule has 1 saturated heterocycles. The minimum Gasteiger partial charge on any atom is -0.342 e. The molecule has 86 valence electrons. The Morgan fingerprint density at radius 3 is 2.87 bits per heavy atom. The Morgan fingerprint density at radius 1 is 1.53 bits per heavy atom. The summed E-state index contributed by atoms with van der Waals surface area (Å²) in [7, 11) is 1.94. The van der Waals surface area contributed by atoms with Crippen LogP contribution in [-0.2, 0) is 4.79 Å². The molecule has 1 heterocycles. The lowest BCUT2D eigenvalue weighted by Crippen LogP contribution is -2.52. The standard InChI is InChI=1S/C11H21N3O/c1-9-7-14(6-5-12-9)8-11(15)13(2)10-3-4-10/h9-10,12H,3-8H2,1-2H3. The van der Waals surface area contributed by atoms with Crippen molar-refractivity contribution in [2.75, 3.05) is 33.2 Å². The van der Waals surface area contributed by atoms with Gasteiger partial charge in [-0.15, -0.1) is 0 Å². The van der Waals surface area contributed by atoms with E-state index in [2.05, 4.69) is 17.1 Å². The highest BCUT2D eigenvalue weighted by Crippen LogP contribution is 2.25. The second kappa shape index (κ2) is 4.49. The first kappa shape index (κ1) is 10.9. The first-order valence-electron chi connectivity index (χ1n) is 5.88. The summed E-state index contributed by atoms with van der Waals surface area (Å²) >= 11 is 0. The Kier molecular flexibility index (Phi) is 3.26. The number of nitrogens with zero attached hydrogens (tertiary/aromatic N) is 2. The molecule has 2 rings (SSSR count). The quantitative estimate of drug-likeness (QED) is 0.708. The number of carbonyl (C=O) groups excluding carboxylic acids is 1. The van der Waals surface area contributed by atoms with Crippen molar-refractivity contribution in [3.05, 3.63) is 0 Å². The molecule has 2 fully saturated rings. The van der Waals surface area contributed by atoms with Crippen molar-refractivity contribution in [1.82, 2.24) is 15.1 Å². The number of rotatable bonds is 3. The van der Waals surface area contributed by atoms with Crippen molar-refractivity contribution < 1.29 is 4.79 Å². The fourth-order valence-corrected chi connectivity index (χ4v) is 2.12. The molecule has 1 amide bonds. The minimum atomic E-state index is 0.284. The maximum absolute atomic E-state index is 11.9. The zero-order valence-corrected chi connectivity index (χ0v) is 9.70. The van der Waals surface area contributed by atoms with E-state index in [0.717, 1.165) is 19.6 Å². The molecule has 0 radical (unpaired) electrons. The average molecular weight is 211 g/mol. The minimum absolute atomic E-state index is 0.284. The summed E-state index contributed by atoms with van der Waals surface area (Å²) in [6.45, 7) is 5.75. The highest BCUT2D eigenvalue weighted by molar-refractivity contribution is 5.78. The molecule has 1 aliphatic heterocycles. The van der Waals surface area contributed by atoms with Gasteiger partial charge in [-0.2, -0.15) is 0 Å². The lowest BCUT2D eigenvalue weighted by atomic mass is 10.2. The van der Waals surface area contributed by atoms with Gasteiger partial charge in [0, 0.05) is 38.8 Å². The van der Waals surface area contributed by atoms with E-state index in [1.54, 1.807) is 0 Å². The SMILES string of the molecule is CC1CN(CC(=O)N(C)C2CC2)CCN1. The van der Waals surface area contributed by atoms with Gasteiger partial charge >= 0.3 is 0 Å². The summed E-state index contributed by atoms with van der Waals surface area (Å²) < 4.78 is 0. The van der Waals surface area contributed by atoms with Gasteiger partial charge in [0.1, 0.15) is 0 Å². The molecule has 0 bridgehead atoms. The number of hydrogen-bond acceptors (Lipinski definition) is 3. The summed E-state index contributed by atoms with van der Waals surface area (Å²) in [4.78, 5) is 16.0. The molecule has 0 aromatic heterocycles. The predicted octanol–water partition coefficient (Wildman–Crippen LogP) is -0.0991. The topological polar surface area (TPSA) is 35.6 Å². The van der Waals surface area contributed by atoms with Gasteiger partial charge in [0.25, 0.3) is 0 Å². The van der Waals surface area contributed by atoms with Gasteiger partial charge in [-0.05, 0) is 19.8 Å². The summed E-state index contributed by atoms with van der Waals surface area (Å²) in [5, 5.41) is 3.38. The van der Waals surface area contributed by atoms with E-state index in [9.17, 15) is 4.79 Å². The van der Waals surface area contributed by atoms with Gasteiger partial charge in [0.05, 0.1) is 6.54 Å². The fraction of sp³-hybridized carbons (Fsp3) is 0.909. The van der Waals surface area contributed by atoms with E-state index in [0.29, 0.717) is 18.6 Å². The number of hydrogen-bond donors (Lipinski definition) is 1. The van der Waals surface area contributed by atoms with Crippen molar-refractivity contribution in [2.45, 2.75) is 31.8 Å². The Bertz CT molecular complexity index is 240. The van der Waals surface area contributed by atoms with Crippen molar-refractivity contribution in [2.24, 2.45) is 0 Å². The van der Waals surface area contributed by atoms with Crippen LogP contribution in [0.4, 0.5) is 0 Å². The first-order valence-corrected chi connectivity index (χ1v) is 5.88. The largest absolute Gasteiger partial charge is 0.342 e. The van der Waals surface area contributed by atoms with E-state index in [-0.39, 0.29) is 5.91 Å². The Labute approximate surface area is 91.6 Å². The van der Waals surface area contributed by atoms with E-state index in [1.165, 1.54) is 12.8 Å². The molecule has 2 aliphatic rings. The van der Waals surface area contributed by atoms with Crippen LogP contribution in [0, 0.1) is 0 Å². The number of piperazine rings is 1. The summed E-state index contributed by atoms with van der Waals surface area (Å²) in [6, 6.07) is 1.05. The van der Waals surface area contributed by atoms with Crippen molar-refractivity contribution in [3.63, 3.8) is 0 Å². The monoisotopic (exact) mass is 211 g/mol. The van der Waals surface area contributed by atoms with Gasteiger partial charge < -0.3 is 10.2 Å². The number of carbonyl (C=O) groups is 1. The van der Waals surface area contributed by atoms with Crippen molar-refractivity contribution in [1.29, 1.82) is 0 Å². The molecular formula is C11H21N3O. The lowest BCUT2D eigenvalue weighted by molar-refractivity contribution is -0.131. The predicted molar refractivity (Wildman–Crippen MR) is 59.7 cm³/mol.